The van der Waals surface area contributed by atoms with Crippen LogP contribution >= 0.6 is 0 Å². The zero-order valence-electron chi connectivity index (χ0n) is 21.6. The molecule has 1 aromatic carbocycles. The average molecular weight is 488 g/mol. The number of fused-ring (bicyclic) bond motifs is 1. The van der Waals surface area contributed by atoms with Crippen LogP contribution in [0.5, 0.6) is 5.75 Å². The van der Waals surface area contributed by atoms with Crippen LogP contribution < -0.4 is 10.1 Å². The molecular weight excluding hydrogens is 446 g/mol. The van der Waals surface area contributed by atoms with Gasteiger partial charge in [-0.15, -0.1) is 0 Å². The van der Waals surface area contributed by atoms with Crippen LogP contribution in [0.25, 0.3) is 0 Å². The minimum atomic E-state index is -0.111. The van der Waals surface area contributed by atoms with Crippen molar-refractivity contribution >= 4 is 17.5 Å². The predicted molar refractivity (Wildman–Crippen MR) is 135 cm³/mol. The molecule has 2 fully saturated rings. The number of nitrogens with zero attached hydrogens (tertiary/aromatic N) is 2. The summed E-state index contributed by atoms with van der Waals surface area (Å²) < 4.78 is 17.5. The summed E-state index contributed by atoms with van der Waals surface area (Å²) in [6, 6.07) is 5.53. The maximum Gasteiger partial charge on any atom is 0.257 e. The molecule has 8 nitrogen and oxygen atoms in total. The van der Waals surface area contributed by atoms with Gasteiger partial charge >= 0.3 is 0 Å². The SMILES string of the molecule is CO[C@@H]1CN(C)C(=O)c2ccc(NC(=O)C3CCOCC3)cc2OC[C@@H](C)N(CC2CC2)C[C@H]1C. The van der Waals surface area contributed by atoms with Crippen LogP contribution in [0.15, 0.2) is 18.2 Å². The Labute approximate surface area is 209 Å². The van der Waals surface area contributed by atoms with Gasteiger partial charge in [0.1, 0.15) is 12.4 Å². The lowest BCUT2D eigenvalue weighted by Gasteiger charge is -2.36. The molecule has 0 bridgehead atoms. The quantitative estimate of drug-likeness (QED) is 0.687. The first kappa shape index (κ1) is 25.9. The summed E-state index contributed by atoms with van der Waals surface area (Å²) in [5.74, 6) is 1.38. The lowest BCUT2D eigenvalue weighted by atomic mass is 9.99. The third-order valence-corrected chi connectivity index (χ3v) is 7.63. The molecule has 4 rings (SSSR count). The normalized spacial score (nSPS) is 27.4. The number of carbonyl (C=O) groups is 2. The van der Waals surface area contributed by atoms with Crippen LogP contribution in [0.1, 0.15) is 49.9 Å². The first-order chi connectivity index (χ1) is 16.9. The number of hydrogen-bond donors (Lipinski definition) is 1. The van der Waals surface area contributed by atoms with Gasteiger partial charge < -0.3 is 24.4 Å². The number of amides is 2. The van der Waals surface area contributed by atoms with Crippen LogP contribution in [0, 0.1) is 17.8 Å². The summed E-state index contributed by atoms with van der Waals surface area (Å²) in [7, 11) is 3.53. The first-order valence-electron chi connectivity index (χ1n) is 13.0. The van der Waals surface area contributed by atoms with Gasteiger partial charge in [-0.2, -0.15) is 0 Å². The van der Waals surface area contributed by atoms with Crippen molar-refractivity contribution in [2.24, 2.45) is 17.8 Å². The molecule has 2 heterocycles. The fourth-order valence-corrected chi connectivity index (χ4v) is 5.02. The number of likely N-dealkylation sites (N-methyl/N-ethyl adjacent to an activating group) is 1. The minimum Gasteiger partial charge on any atom is -0.491 e. The summed E-state index contributed by atoms with van der Waals surface area (Å²) in [5.41, 5.74) is 1.15. The van der Waals surface area contributed by atoms with E-state index in [-0.39, 0.29) is 35.8 Å². The molecule has 3 atom stereocenters. The van der Waals surface area contributed by atoms with Crippen LogP contribution in [0.3, 0.4) is 0 Å². The molecule has 0 unspecified atom stereocenters. The molecule has 0 spiro atoms. The fraction of sp³-hybridized carbons (Fsp3) is 0.704. The number of anilines is 1. The zero-order chi connectivity index (χ0) is 24.9. The van der Waals surface area contributed by atoms with E-state index in [2.05, 4.69) is 24.1 Å². The zero-order valence-corrected chi connectivity index (χ0v) is 21.6. The van der Waals surface area contributed by atoms with E-state index in [4.69, 9.17) is 14.2 Å². The topological polar surface area (TPSA) is 80.3 Å². The number of hydrogen-bond acceptors (Lipinski definition) is 6. The summed E-state index contributed by atoms with van der Waals surface area (Å²) in [5, 5.41) is 3.02. The molecule has 0 aromatic heterocycles. The minimum absolute atomic E-state index is 0.00857. The van der Waals surface area contributed by atoms with Gasteiger partial charge in [0.15, 0.2) is 0 Å². The largest absolute Gasteiger partial charge is 0.491 e. The standard InChI is InChI=1S/C27H41N3O5/c1-18-14-30(15-20-5-6-20)19(2)17-35-24-13-22(28-26(31)21-9-11-34-12-10-21)7-8-23(24)27(32)29(3)16-25(18)33-4/h7-8,13,18-21,25H,5-6,9-12,14-17H2,1-4H3,(H,28,31)/t18-,19-,25-/m1/s1. The average Bonchev–Trinajstić information content (AvgIpc) is 3.69. The van der Waals surface area contributed by atoms with Crippen molar-refractivity contribution in [2.45, 2.75) is 51.7 Å². The first-order valence-corrected chi connectivity index (χ1v) is 13.0. The second-order valence-electron chi connectivity index (χ2n) is 10.6. The molecule has 1 aliphatic carbocycles. The van der Waals surface area contributed by atoms with Crippen LogP contribution in [0.4, 0.5) is 5.69 Å². The summed E-state index contributed by atoms with van der Waals surface area (Å²) in [6.07, 6.45) is 3.98. The Bertz CT molecular complexity index is 884. The Morgan fingerprint density at radius 3 is 2.57 bits per heavy atom. The lowest BCUT2D eigenvalue weighted by molar-refractivity contribution is -0.122. The van der Waals surface area contributed by atoms with E-state index >= 15 is 0 Å². The Morgan fingerprint density at radius 2 is 1.89 bits per heavy atom. The van der Waals surface area contributed by atoms with Gasteiger partial charge in [0, 0.05) is 70.7 Å². The molecule has 1 N–H and O–H groups in total. The molecule has 1 saturated carbocycles. The van der Waals surface area contributed by atoms with E-state index in [1.165, 1.54) is 12.8 Å². The lowest BCUT2D eigenvalue weighted by Crippen LogP contribution is -2.47. The fourth-order valence-electron chi connectivity index (χ4n) is 5.02. The molecule has 194 valence electrons. The van der Waals surface area contributed by atoms with E-state index in [0.29, 0.717) is 43.4 Å². The number of ether oxygens (including phenoxy) is 3. The van der Waals surface area contributed by atoms with Crippen LogP contribution in [0.2, 0.25) is 0 Å². The van der Waals surface area contributed by atoms with E-state index < -0.39 is 0 Å². The van der Waals surface area contributed by atoms with Gasteiger partial charge in [-0.25, -0.2) is 0 Å². The van der Waals surface area contributed by atoms with E-state index in [0.717, 1.165) is 31.8 Å². The smallest absolute Gasteiger partial charge is 0.257 e. The number of methoxy groups -OCH3 is 1. The Kier molecular flexibility index (Phi) is 8.68. The van der Waals surface area contributed by atoms with Crippen molar-refractivity contribution < 1.29 is 23.8 Å². The van der Waals surface area contributed by atoms with Crippen molar-refractivity contribution in [3.8, 4) is 5.75 Å². The van der Waals surface area contributed by atoms with Crippen molar-refractivity contribution in [3.63, 3.8) is 0 Å². The van der Waals surface area contributed by atoms with E-state index in [1.807, 2.05) is 7.05 Å². The molecule has 2 aliphatic heterocycles. The predicted octanol–water partition coefficient (Wildman–Crippen LogP) is 3.27. The van der Waals surface area contributed by atoms with Crippen molar-refractivity contribution in [3.05, 3.63) is 23.8 Å². The number of benzene rings is 1. The Balaban J connectivity index is 1.57. The summed E-state index contributed by atoms with van der Waals surface area (Å²) in [4.78, 5) is 30.4. The Hall–Kier alpha value is -2.16. The van der Waals surface area contributed by atoms with Gasteiger partial charge in [0.25, 0.3) is 5.91 Å². The van der Waals surface area contributed by atoms with Gasteiger partial charge in [0.05, 0.1) is 11.7 Å². The van der Waals surface area contributed by atoms with Crippen LogP contribution in [-0.2, 0) is 14.3 Å². The van der Waals surface area contributed by atoms with Crippen molar-refractivity contribution in [1.29, 1.82) is 0 Å². The third-order valence-electron chi connectivity index (χ3n) is 7.63. The highest BCUT2D eigenvalue weighted by Crippen LogP contribution is 2.32. The van der Waals surface area contributed by atoms with Gasteiger partial charge in [-0.1, -0.05) is 6.92 Å². The van der Waals surface area contributed by atoms with E-state index in [9.17, 15) is 9.59 Å². The maximum absolute atomic E-state index is 13.4. The highest BCUT2D eigenvalue weighted by molar-refractivity contribution is 5.98. The van der Waals surface area contributed by atoms with E-state index in [1.54, 1.807) is 30.2 Å². The Morgan fingerprint density at radius 1 is 1.14 bits per heavy atom. The molecular formula is C27H41N3O5. The van der Waals surface area contributed by atoms with Gasteiger partial charge in [0.2, 0.25) is 5.91 Å². The second-order valence-corrected chi connectivity index (χ2v) is 10.6. The summed E-state index contributed by atoms with van der Waals surface area (Å²) in [6.45, 7) is 8.55. The molecule has 1 aromatic rings. The highest BCUT2D eigenvalue weighted by Gasteiger charge is 2.32. The van der Waals surface area contributed by atoms with Gasteiger partial charge in [-0.05, 0) is 56.6 Å². The van der Waals surface area contributed by atoms with Crippen molar-refractivity contribution in [2.75, 3.05) is 58.9 Å². The second kappa shape index (κ2) is 11.7. The molecule has 2 amide bonds. The molecule has 35 heavy (non-hydrogen) atoms. The highest BCUT2D eigenvalue weighted by atomic mass is 16.5. The maximum atomic E-state index is 13.4. The molecule has 0 radical (unpaired) electrons. The number of rotatable bonds is 5. The van der Waals surface area contributed by atoms with Crippen LogP contribution in [-0.4, -0.2) is 87.4 Å². The van der Waals surface area contributed by atoms with Crippen molar-refractivity contribution in [1.82, 2.24) is 9.80 Å². The summed E-state index contributed by atoms with van der Waals surface area (Å²) >= 11 is 0. The number of carbonyl (C=O) groups excluding carboxylic acids is 2. The molecule has 8 heteroatoms. The monoisotopic (exact) mass is 487 g/mol. The third kappa shape index (κ3) is 6.74. The van der Waals surface area contributed by atoms with Gasteiger partial charge in [-0.3, -0.25) is 14.5 Å². The molecule has 1 saturated heterocycles. The number of nitrogens with one attached hydrogen (secondary N) is 1. The molecule has 3 aliphatic rings.